The van der Waals surface area contributed by atoms with Gasteiger partial charge in [0, 0.05) is 32.3 Å². The van der Waals surface area contributed by atoms with Gasteiger partial charge in [-0.15, -0.1) is 11.3 Å². The van der Waals surface area contributed by atoms with Crippen LogP contribution < -0.4 is 15.8 Å². The number of benzene rings is 1. The molecule has 4 rings (SSSR count). The smallest absolute Gasteiger partial charge is 0.264 e. The molecule has 39 heavy (non-hydrogen) atoms. The van der Waals surface area contributed by atoms with E-state index in [1.54, 1.807) is 54.4 Å². The predicted molar refractivity (Wildman–Crippen MR) is 151 cm³/mol. The van der Waals surface area contributed by atoms with Crippen molar-refractivity contribution in [2.75, 3.05) is 47.0 Å². The van der Waals surface area contributed by atoms with E-state index in [0.29, 0.717) is 60.7 Å². The number of nitrogens with zero attached hydrogens (tertiary/aromatic N) is 2. The molecule has 2 aliphatic rings. The Morgan fingerprint density at radius 2 is 1.87 bits per heavy atom. The summed E-state index contributed by atoms with van der Waals surface area (Å²) in [6.45, 7) is 2.23. The number of carbonyl (C=O) groups excluding carboxylic acids is 3. The van der Waals surface area contributed by atoms with Crippen LogP contribution in [0.1, 0.15) is 52.1 Å². The van der Waals surface area contributed by atoms with Crippen molar-refractivity contribution in [2.24, 2.45) is 17.6 Å². The Bertz CT molecular complexity index is 1090. The molecular weight excluding hydrogens is 516 g/mol. The molecule has 10 heteroatoms. The molecule has 2 heterocycles. The van der Waals surface area contributed by atoms with Gasteiger partial charge in [-0.1, -0.05) is 12.5 Å². The van der Waals surface area contributed by atoms with E-state index in [0.717, 1.165) is 25.7 Å². The van der Waals surface area contributed by atoms with Crippen LogP contribution in [0.5, 0.6) is 5.75 Å². The number of methoxy groups -OCH3 is 2. The van der Waals surface area contributed by atoms with Crippen molar-refractivity contribution in [2.45, 2.75) is 44.2 Å². The van der Waals surface area contributed by atoms with Crippen LogP contribution >= 0.6 is 11.3 Å². The zero-order valence-electron chi connectivity index (χ0n) is 22.8. The van der Waals surface area contributed by atoms with Crippen LogP contribution in [0.3, 0.4) is 0 Å². The van der Waals surface area contributed by atoms with E-state index < -0.39 is 6.04 Å². The highest BCUT2D eigenvalue weighted by molar-refractivity contribution is 7.12. The summed E-state index contributed by atoms with van der Waals surface area (Å²) in [6, 6.07) is 9.57. The number of carbonyl (C=O) groups is 3. The van der Waals surface area contributed by atoms with E-state index in [1.807, 2.05) is 11.4 Å². The topological polar surface area (TPSA) is 114 Å². The Morgan fingerprint density at radius 3 is 2.54 bits per heavy atom. The number of rotatable bonds is 11. The highest BCUT2D eigenvalue weighted by atomic mass is 32.1. The van der Waals surface area contributed by atoms with Gasteiger partial charge in [0.05, 0.1) is 24.6 Å². The summed E-state index contributed by atoms with van der Waals surface area (Å²) in [6.07, 6.45) is 4.73. The molecule has 4 unspecified atom stereocenters. The number of hydrogen-bond acceptors (Lipinski definition) is 7. The van der Waals surface area contributed by atoms with Crippen LogP contribution in [0.4, 0.5) is 0 Å². The third-order valence-electron chi connectivity index (χ3n) is 7.94. The van der Waals surface area contributed by atoms with Gasteiger partial charge in [-0.3, -0.25) is 14.4 Å². The van der Waals surface area contributed by atoms with Gasteiger partial charge in [0.15, 0.2) is 0 Å². The SMILES string of the molecule is COCCN(C(=O)c1ccc(OC)cc1)C1CC(C(=O)NCC2CCCC(CN)C2)N(C(=O)c2cccs2)C1. The minimum Gasteiger partial charge on any atom is -0.497 e. The van der Waals surface area contributed by atoms with E-state index in [9.17, 15) is 14.4 Å². The van der Waals surface area contributed by atoms with Gasteiger partial charge in [0.2, 0.25) is 5.91 Å². The largest absolute Gasteiger partial charge is 0.497 e. The quantitative estimate of drug-likeness (QED) is 0.440. The van der Waals surface area contributed by atoms with Gasteiger partial charge >= 0.3 is 0 Å². The van der Waals surface area contributed by atoms with E-state index in [-0.39, 0.29) is 30.3 Å². The van der Waals surface area contributed by atoms with Gasteiger partial charge in [-0.05, 0) is 79.8 Å². The second-order valence-electron chi connectivity index (χ2n) is 10.4. The number of ether oxygens (including phenoxy) is 2. The average molecular weight is 557 g/mol. The molecule has 212 valence electrons. The summed E-state index contributed by atoms with van der Waals surface area (Å²) in [5.41, 5.74) is 6.42. The molecule has 0 radical (unpaired) electrons. The van der Waals surface area contributed by atoms with Crippen molar-refractivity contribution in [3.8, 4) is 5.75 Å². The molecule has 0 spiro atoms. The molecular formula is C29H40N4O5S. The second-order valence-corrected chi connectivity index (χ2v) is 11.4. The molecule has 3 amide bonds. The number of nitrogens with two attached hydrogens (primary N) is 1. The first-order valence-corrected chi connectivity index (χ1v) is 14.6. The van der Waals surface area contributed by atoms with Gasteiger partial charge in [-0.25, -0.2) is 0 Å². The highest BCUT2D eigenvalue weighted by Gasteiger charge is 2.43. The molecule has 2 aromatic rings. The summed E-state index contributed by atoms with van der Waals surface area (Å²) < 4.78 is 10.5. The first-order chi connectivity index (χ1) is 18.9. The van der Waals surface area contributed by atoms with Crippen LogP contribution in [0.2, 0.25) is 0 Å². The van der Waals surface area contributed by atoms with Crippen molar-refractivity contribution in [3.63, 3.8) is 0 Å². The summed E-state index contributed by atoms with van der Waals surface area (Å²) >= 11 is 1.35. The lowest BCUT2D eigenvalue weighted by atomic mass is 9.81. The zero-order chi connectivity index (χ0) is 27.8. The van der Waals surface area contributed by atoms with Crippen molar-refractivity contribution in [3.05, 3.63) is 52.2 Å². The minimum atomic E-state index is -0.660. The number of amides is 3. The summed E-state index contributed by atoms with van der Waals surface area (Å²) in [5, 5.41) is 4.99. The monoisotopic (exact) mass is 556 g/mol. The molecule has 1 aromatic heterocycles. The Hall–Kier alpha value is -2.95. The summed E-state index contributed by atoms with van der Waals surface area (Å²) in [7, 11) is 3.17. The molecule has 1 saturated heterocycles. The molecule has 0 bridgehead atoms. The highest BCUT2D eigenvalue weighted by Crippen LogP contribution is 2.30. The lowest BCUT2D eigenvalue weighted by Crippen LogP contribution is -2.47. The third kappa shape index (κ3) is 7.17. The van der Waals surface area contributed by atoms with Gasteiger partial charge in [-0.2, -0.15) is 0 Å². The molecule has 9 nitrogen and oxygen atoms in total. The maximum absolute atomic E-state index is 13.6. The molecule has 1 aliphatic heterocycles. The molecule has 4 atom stereocenters. The number of thiophene rings is 1. The molecule has 1 aliphatic carbocycles. The van der Waals surface area contributed by atoms with E-state index in [1.165, 1.54) is 11.3 Å². The Kier molecular flexibility index (Phi) is 10.4. The fourth-order valence-corrected chi connectivity index (χ4v) is 6.44. The molecule has 1 saturated carbocycles. The summed E-state index contributed by atoms with van der Waals surface area (Å²) in [4.78, 5) is 44.6. The van der Waals surface area contributed by atoms with Crippen LogP contribution in [-0.2, 0) is 9.53 Å². The Labute approximate surface area is 234 Å². The normalized spacial score (nSPS) is 22.9. The van der Waals surface area contributed by atoms with Crippen LogP contribution in [0, 0.1) is 11.8 Å². The average Bonchev–Trinajstić information content (AvgIpc) is 3.67. The molecule has 2 fully saturated rings. The van der Waals surface area contributed by atoms with Crippen LogP contribution in [0.15, 0.2) is 41.8 Å². The second kappa shape index (κ2) is 13.9. The Morgan fingerprint density at radius 1 is 1.10 bits per heavy atom. The lowest BCUT2D eigenvalue weighted by Gasteiger charge is -2.29. The maximum Gasteiger partial charge on any atom is 0.264 e. The van der Waals surface area contributed by atoms with Crippen molar-refractivity contribution in [1.29, 1.82) is 0 Å². The van der Waals surface area contributed by atoms with Gasteiger partial charge in [0.25, 0.3) is 11.8 Å². The summed E-state index contributed by atoms with van der Waals surface area (Å²) in [5.74, 6) is 1.05. The third-order valence-corrected chi connectivity index (χ3v) is 8.80. The predicted octanol–water partition coefficient (Wildman–Crippen LogP) is 3.01. The fraction of sp³-hybridized carbons (Fsp3) is 0.552. The van der Waals surface area contributed by atoms with Gasteiger partial charge < -0.3 is 30.3 Å². The Balaban J connectivity index is 1.52. The van der Waals surface area contributed by atoms with Crippen molar-refractivity contribution < 1.29 is 23.9 Å². The number of hydrogen-bond donors (Lipinski definition) is 2. The fourth-order valence-electron chi connectivity index (χ4n) is 5.76. The molecule has 1 aromatic carbocycles. The van der Waals surface area contributed by atoms with Gasteiger partial charge in [0.1, 0.15) is 11.8 Å². The van der Waals surface area contributed by atoms with Crippen molar-refractivity contribution in [1.82, 2.24) is 15.1 Å². The lowest BCUT2D eigenvalue weighted by molar-refractivity contribution is -0.125. The number of likely N-dealkylation sites (tertiary alicyclic amines) is 1. The number of nitrogens with one attached hydrogen (secondary N) is 1. The molecule has 3 N–H and O–H groups in total. The first-order valence-electron chi connectivity index (χ1n) is 13.7. The van der Waals surface area contributed by atoms with E-state index in [4.69, 9.17) is 15.2 Å². The maximum atomic E-state index is 13.6. The van der Waals surface area contributed by atoms with E-state index >= 15 is 0 Å². The van der Waals surface area contributed by atoms with Crippen molar-refractivity contribution >= 4 is 29.1 Å². The zero-order valence-corrected chi connectivity index (χ0v) is 23.7. The van der Waals surface area contributed by atoms with E-state index in [2.05, 4.69) is 5.32 Å². The first kappa shape index (κ1) is 29.0. The van der Waals surface area contributed by atoms with Crippen LogP contribution in [-0.4, -0.2) is 86.6 Å². The minimum absolute atomic E-state index is 0.166. The van der Waals surface area contributed by atoms with Crippen LogP contribution in [0.25, 0.3) is 0 Å². The standard InChI is InChI=1S/C29H40N4O5S/c1-37-13-12-32(28(35)22-8-10-24(38-2)11-9-22)23-16-25(33(19-23)29(36)26-7-4-14-39-26)27(34)31-18-21-6-3-5-20(15-21)17-30/h4,7-11,14,20-21,23,25H,3,5-6,12-13,15-19,30H2,1-2H3,(H,31,34).